The van der Waals surface area contributed by atoms with Crippen LogP contribution in [0.4, 0.5) is 0 Å². The Kier molecular flexibility index (Phi) is 7.43. The van der Waals surface area contributed by atoms with Crippen molar-refractivity contribution in [1.82, 2.24) is 0 Å². The summed E-state index contributed by atoms with van der Waals surface area (Å²) in [4.78, 5) is 10.7. The second kappa shape index (κ2) is 8.84. The Balaban J connectivity index is 2.97. The number of carboxylic acids is 1. The minimum absolute atomic E-state index is 0.180. The molecule has 2 N–H and O–H groups in total. The first-order chi connectivity index (χ1) is 11.2. The van der Waals surface area contributed by atoms with E-state index in [0.29, 0.717) is 11.1 Å². The van der Waals surface area contributed by atoms with Gasteiger partial charge in [-0.05, 0) is 62.2 Å². The number of aliphatic carboxylic acids is 1. The van der Waals surface area contributed by atoms with Crippen LogP contribution in [-0.4, -0.2) is 22.8 Å². The highest BCUT2D eigenvalue weighted by Gasteiger charge is 2.26. The summed E-state index contributed by atoms with van der Waals surface area (Å²) < 4.78 is 0. The molecule has 1 rings (SSSR count). The first-order valence-electron chi connectivity index (χ1n) is 8.45. The summed E-state index contributed by atoms with van der Waals surface area (Å²) in [5.74, 6) is -1.01. The summed E-state index contributed by atoms with van der Waals surface area (Å²) in [6, 6.07) is 0. The second-order valence-electron chi connectivity index (χ2n) is 7.19. The minimum Gasteiger partial charge on any atom is -0.478 e. The molecule has 0 bridgehead atoms. The predicted molar refractivity (Wildman–Crippen MR) is 99.8 cm³/mol. The number of hydrogen-bond donors (Lipinski definition) is 2. The monoisotopic (exact) mass is 330 g/mol. The summed E-state index contributed by atoms with van der Waals surface area (Å²) in [7, 11) is 0. The van der Waals surface area contributed by atoms with Crippen molar-refractivity contribution in [1.29, 1.82) is 0 Å². The molecule has 0 saturated carbocycles. The number of carbonyl (C=O) groups is 1. The van der Waals surface area contributed by atoms with E-state index in [4.69, 9.17) is 5.11 Å². The maximum atomic E-state index is 10.7. The predicted octanol–water partition coefficient (Wildman–Crippen LogP) is 4.97. The molecular weight excluding hydrogens is 300 g/mol. The zero-order valence-corrected chi connectivity index (χ0v) is 15.5. The smallest absolute Gasteiger partial charge is 0.328 e. The lowest BCUT2D eigenvalue weighted by Gasteiger charge is -2.32. The summed E-state index contributed by atoms with van der Waals surface area (Å²) in [5.41, 5.74) is 5.32. The van der Waals surface area contributed by atoms with Crippen molar-refractivity contribution >= 4 is 5.97 Å². The quantitative estimate of drug-likeness (QED) is 0.534. The van der Waals surface area contributed by atoms with Crippen LogP contribution in [0.2, 0.25) is 0 Å². The minimum atomic E-state index is -1.01. The van der Waals surface area contributed by atoms with E-state index in [-0.39, 0.29) is 12.0 Å². The fourth-order valence-electron chi connectivity index (χ4n) is 3.10. The Morgan fingerprint density at radius 1 is 1.25 bits per heavy atom. The first kappa shape index (κ1) is 20.2. The van der Waals surface area contributed by atoms with Gasteiger partial charge in [0.05, 0.1) is 6.61 Å². The molecule has 0 aromatic carbocycles. The zero-order valence-electron chi connectivity index (χ0n) is 15.5. The van der Waals surface area contributed by atoms with E-state index in [0.717, 1.165) is 11.6 Å². The van der Waals surface area contributed by atoms with Crippen molar-refractivity contribution in [3.8, 4) is 0 Å². The lowest BCUT2D eigenvalue weighted by molar-refractivity contribution is -0.131. The average molecular weight is 330 g/mol. The number of aliphatic hydroxyl groups is 1. The Bertz CT molecular complexity index is 625. The van der Waals surface area contributed by atoms with Gasteiger partial charge in [0.1, 0.15) is 0 Å². The molecule has 0 spiro atoms. The summed E-state index contributed by atoms with van der Waals surface area (Å²) >= 11 is 0. The Morgan fingerprint density at radius 3 is 2.46 bits per heavy atom. The Morgan fingerprint density at radius 2 is 1.92 bits per heavy atom. The highest BCUT2D eigenvalue weighted by Crippen LogP contribution is 2.40. The van der Waals surface area contributed by atoms with E-state index < -0.39 is 5.97 Å². The Labute approximate surface area is 145 Å². The SMILES string of the molecule is CC1=C(/C=C/C(C)=C\C=C(CO)/C(C)=C\C(=O)O)C(C)(C)CCC1. The van der Waals surface area contributed by atoms with Crippen LogP contribution in [0, 0.1) is 5.41 Å². The molecule has 24 heavy (non-hydrogen) atoms. The highest BCUT2D eigenvalue weighted by atomic mass is 16.4. The number of carboxylic acid groups (broad SMARTS) is 1. The van der Waals surface area contributed by atoms with Gasteiger partial charge in [0.2, 0.25) is 0 Å². The van der Waals surface area contributed by atoms with Gasteiger partial charge in [0.25, 0.3) is 0 Å². The third kappa shape index (κ3) is 5.97. The lowest BCUT2D eigenvalue weighted by Crippen LogP contribution is -2.19. The maximum absolute atomic E-state index is 10.7. The van der Waals surface area contributed by atoms with Crippen LogP contribution >= 0.6 is 0 Å². The molecule has 1 aliphatic carbocycles. The first-order valence-corrected chi connectivity index (χ1v) is 8.45. The zero-order chi connectivity index (χ0) is 18.3. The van der Waals surface area contributed by atoms with Crippen LogP contribution in [-0.2, 0) is 4.79 Å². The number of allylic oxidation sites excluding steroid dienone is 7. The summed E-state index contributed by atoms with van der Waals surface area (Å²) in [5, 5.41) is 18.2. The van der Waals surface area contributed by atoms with Gasteiger partial charge in [0, 0.05) is 6.08 Å². The van der Waals surface area contributed by atoms with Crippen molar-refractivity contribution in [2.45, 2.75) is 53.9 Å². The molecule has 0 radical (unpaired) electrons. The Hall–Kier alpha value is -1.87. The van der Waals surface area contributed by atoms with E-state index in [1.165, 1.54) is 30.4 Å². The van der Waals surface area contributed by atoms with Crippen LogP contribution in [0.5, 0.6) is 0 Å². The summed E-state index contributed by atoms with van der Waals surface area (Å²) in [6.45, 7) is 10.3. The molecule has 132 valence electrons. The van der Waals surface area contributed by atoms with Crippen LogP contribution in [0.1, 0.15) is 53.9 Å². The molecule has 1 aliphatic rings. The third-order valence-electron chi connectivity index (χ3n) is 4.62. The van der Waals surface area contributed by atoms with Gasteiger partial charge in [0.15, 0.2) is 0 Å². The van der Waals surface area contributed by atoms with Gasteiger partial charge < -0.3 is 10.2 Å². The molecule has 0 fully saturated rings. The van der Waals surface area contributed by atoms with Gasteiger partial charge in [-0.15, -0.1) is 0 Å². The maximum Gasteiger partial charge on any atom is 0.328 e. The topological polar surface area (TPSA) is 57.5 Å². The highest BCUT2D eigenvalue weighted by molar-refractivity contribution is 5.81. The molecular formula is C21H30O3. The fraction of sp³-hybridized carbons (Fsp3) is 0.476. The van der Waals surface area contributed by atoms with E-state index in [2.05, 4.69) is 32.9 Å². The van der Waals surface area contributed by atoms with Gasteiger partial charge in [-0.2, -0.15) is 0 Å². The van der Waals surface area contributed by atoms with Crippen molar-refractivity contribution < 1.29 is 15.0 Å². The molecule has 0 aliphatic heterocycles. The average Bonchev–Trinajstić information content (AvgIpc) is 2.45. The van der Waals surface area contributed by atoms with Crippen molar-refractivity contribution in [2.75, 3.05) is 6.61 Å². The van der Waals surface area contributed by atoms with Crippen molar-refractivity contribution in [3.05, 3.63) is 58.2 Å². The van der Waals surface area contributed by atoms with Crippen LogP contribution in [0.15, 0.2) is 58.2 Å². The van der Waals surface area contributed by atoms with Gasteiger partial charge in [-0.3, -0.25) is 0 Å². The van der Waals surface area contributed by atoms with Gasteiger partial charge in [-0.1, -0.05) is 49.3 Å². The van der Waals surface area contributed by atoms with Crippen molar-refractivity contribution in [3.63, 3.8) is 0 Å². The van der Waals surface area contributed by atoms with E-state index in [9.17, 15) is 9.90 Å². The number of rotatable bonds is 6. The van der Waals surface area contributed by atoms with Crippen LogP contribution in [0.3, 0.4) is 0 Å². The summed E-state index contributed by atoms with van der Waals surface area (Å²) in [6.07, 6.45) is 12.7. The number of aliphatic hydroxyl groups excluding tert-OH is 1. The molecule has 3 nitrogen and oxygen atoms in total. The van der Waals surface area contributed by atoms with Gasteiger partial charge >= 0.3 is 5.97 Å². The standard InChI is InChI=1S/C21H30O3/c1-15(8-10-18(14-22)17(3)13-20(23)24)9-11-19-16(2)7-6-12-21(19,4)5/h8-11,13,22H,6-7,12,14H2,1-5H3,(H,23,24)/b11-9+,15-8-,17-13-,18-10-. The third-order valence-corrected chi connectivity index (χ3v) is 4.62. The molecule has 0 aromatic rings. The van der Waals surface area contributed by atoms with E-state index >= 15 is 0 Å². The van der Waals surface area contributed by atoms with Crippen LogP contribution < -0.4 is 0 Å². The molecule has 0 unspecified atom stereocenters. The molecule has 0 saturated heterocycles. The van der Waals surface area contributed by atoms with Crippen molar-refractivity contribution in [2.24, 2.45) is 5.41 Å². The lowest BCUT2D eigenvalue weighted by atomic mass is 9.72. The molecule has 0 atom stereocenters. The second-order valence-corrected chi connectivity index (χ2v) is 7.19. The van der Waals surface area contributed by atoms with E-state index in [1.54, 1.807) is 13.0 Å². The van der Waals surface area contributed by atoms with Crippen LogP contribution in [0.25, 0.3) is 0 Å². The molecule has 3 heteroatoms. The van der Waals surface area contributed by atoms with E-state index in [1.807, 2.05) is 13.0 Å². The van der Waals surface area contributed by atoms with Gasteiger partial charge in [-0.25, -0.2) is 4.79 Å². The number of hydrogen-bond acceptors (Lipinski definition) is 2. The largest absolute Gasteiger partial charge is 0.478 e. The molecule has 0 heterocycles. The molecule has 0 aromatic heterocycles. The fourth-order valence-corrected chi connectivity index (χ4v) is 3.10. The molecule has 0 amide bonds. The normalized spacial score (nSPS) is 20.0.